The lowest BCUT2D eigenvalue weighted by atomic mass is 10.0. The Labute approximate surface area is 121 Å². The summed E-state index contributed by atoms with van der Waals surface area (Å²) >= 11 is 0. The molecule has 8 heteroatoms. The van der Waals surface area contributed by atoms with Gasteiger partial charge in [-0.15, -0.1) is 0 Å². The Morgan fingerprint density at radius 1 is 1.33 bits per heavy atom. The topological polar surface area (TPSA) is 114 Å². The molecule has 0 spiro atoms. The zero-order valence-electron chi connectivity index (χ0n) is 12.4. The molecule has 0 radical (unpaired) electrons. The maximum atomic E-state index is 12.2. The van der Waals surface area contributed by atoms with E-state index in [0.717, 1.165) is 0 Å². The molecule has 116 valence electrons. The van der Waals surface area contributed by atoms with E-state index >= 15 is 0 Å². The lowest BCUT2D eigenvalue weighted by Crippen LogP contribution is -2.40. The average molecular weight is 297 g/mol. The highest BCUT2D eigenvalue weighted by Crippen LogP contribution is 2.21. The number of nitro groups is 1. The molecule has 21 heavy (non-hydrogen) atoms. The van der Waals surface area contributed by atoms with Crippen LogP contribution in [0, 0.1) is 16.0 Å². The molecule has 0 saturated carbocycles. The van der Waals surface area contributed by atoms with Crippen molar-refractivity contribution in [1.29, 1.82) is 0 Å². The van der Waals surface area contributed by atoms with Crippen LogP contribution >= 0.6 is 0 Å². The van der Waals surface area contributed by atoms with E-state index in [4.69, 9.17) is 5.11 Å². The van der Waals surface area contributed by atoms with Crippen LogP contribution in [0.15, 0.2) is 12.3 Å². The van der Waals surface area contributed by atoms with E-state index in [-0.39, 0.29) is 17.4 Å². The van der Waals surface area contributed by atoms with Crippen molar-refractivity contribution in [3.05, 3.63) is 28.1 Å². The van der Waals surface area contributed by atoms with Crippen molar-refractivity contribution in [2.45, 2.75) is 39.8 Å². The first-order valence-electron chi connectivity index (χ1n) is 6.55. The molecular formula is C13H19N3O5. The van der Waals surface area contributed by atoms with Gasteiger partial charge in [-0.2, -0.15) is 0 Å². The molecule has 8 nitrogen and oxygen atoms in total. The highest BCUT2D eigenvalue weighted by atomic mass is 16.6. The number of hydrogen-bond donors (Lipinski definition) is 2. The van der Waals surface area contributed by atoms with E-state index in [0.29, 0.717) is 0 Å². The monoisotopic (exact) mass is 297 g/mol. The molecule has 0 aliphatic rings. The van der Waals surface area contributed by atoms with Gasteiger partial charge in [-0.3, -0.25) is 19.7 Å². The number of hydrogen-bond acceptors (Lipinski definition) is 4. The van der Waals surface area contributed by atoms with E-state index in [1.165, 1.54) is 23.8 Å². The zero-order chi connectivity index (χ0) is 16.3. The van der Waals surface area contributed by atoms with Crippen molar-refractivity contribution in [3.8, 4) is 0 Å². The molecule has 0 fully saturated rings. The molecule has 1 amide bonds. The highest BCUT2D eigenvalue weighted by molar-refractivity contribution is 5.94. The maximum absolute atomic E-state index is 12.2. The molecule has 1 aromatic rings. The Balaban J connectivity index is 3.01. The molecule has 1 heterocycles. The SMILES string of the molecule is CC(NC(=O)c1cc([N+](=O)[O-])cn1C(C)C)C(C)C(=O)O. The summed E-state index contributed by atoms with van der Waals surface area (Å²) in [5, 5.41) is 22.3. The summed E-state index contributed by atoms with van der Waals surface area (Å²) in [4.78, 5) is 33.3. The number of aromatic nitrogens is 1. The Kier molecular flexibility index (Phi) is 5.07. The molecule has 2 atom stereocenters. The first kappa shape index (κ1) is 16.7. The Hall–Kier alpha value is -2.38. The van der Waals surface area contributed by atoms with Crippen molar-refractivity contribution >= 4 is 17.6 Å². The third-order valence-electron chi connectivity index (χ3n) is 3.33. The Morgan fingerprint density at radius 3 is 2.33 bits per heavy atom. The molecule has 0 bridgehead atoms. The van der Waals surface area contributed by atoms with Crippen LogP contribution in [0.4, 0.5) is 5.69 Å². The summed E-state index contributed by atoms with van der Waals surface area (Å²) in [7, 11) is 0. The van der Waals surface area contributed by atoms with Gasteiger partial charge in [-0.25, -0.2) is 0 Å². The van der Waals surface area contributed by atoms with Crippen LogP contribution in [0.25, 0.3) is 0 Å². The summed E-state index contributed by atoms with van der Waals surface area (Å²) in [5.74, 6) is -2.31. The van der Waals surface area contributed by atoms with Gasteiger partial charge in [-0.05, 0) is 27.7 Å². The second kappa shape index (κ2) is 6.38. The molecular weight excluding hydrogens is 278 g/mol. The molecule has 1 rings (SSSR count). The van der Waals surface area contributed by atoms with Gasteiger partial charge in [0.05, 0.1) is 17.0 Å². The summed E-state index contributed by atoms with van der Waals surface area (Å²) < 4.78 is 1.49. The summed E-state index contributed by atoms with van der Waals surface area (Å²) in [6.07, 6.45) is 1.30. The fourth-order valence-electron chi connectivity index (χ4n) is 1.79. The fourth-order valence-corrected chi connectivity index (χ4v) is 1.79. The average Bonchev–Trinajstić information content (AvgIpc) is 2.82. The van der Waals surface area contributed by atoms with Gasteiger partial charge in [0.2, 0.25) is 0 Å². The largest absolute Gasteiger partial charge is 0.481 e. The third kappa shape index (κ3) is 3.80. The lowest BCUT2D eigenvalue weighted by Gasteiger charge is -2.19. The molecule has 2 N–H and O–H groups in total. The first-order valence-corrected chi connectivity index (χ1v) is 6.55. The van der Waals surface area contributed by atoms with Crippen LogP contribution in [0.2, 0.25) is 0 Å². The second-order valence-electron chi connectivity index (χ2n) is 5.23. The predicted molar refractivity (Wildman–Crippen MR) is 75.2 cm³/mol. The summed E-state index contributed by atoms with van der Waals surface area (Å²) in [6, 6.07) is 0.462. The van der Waals surface area contributed by atoms with Gasteiger partial charge < -0.3 is 15.0 Å². The van der Waals surface area contributed by atoms with Gasteiger partial charge >= 0.3 is 5.97 Å². The van der Waals surface area contributed by atoms with Crippen LogP contribution in [0.3, 0.4) is 0 Å². The number of carboxylic acid groups (broad SMARTS) is 1. The number of carbonyl (C=O) groups is 2. The van der Waals surface area contributed by atoms with E-state index < -0.39 is 28.8 Å². The number of amides is 1. The van der Waals surface area contributed by atoms with Gasteiger partial charge in [0.1, 0.15) is 5.69 Å². The third-order valence-corrected chi connectivity index (χ3v) is 3.33. The smallest absolute Gasteiger partial charge is 0.308 e. The quantitative estimate of drug-likeness (QED) is 0.614. The molecule has 0 aromatic carbocycles. The number of aliphatic carboxylic acids is 1. The number of nitrogens with zero attached hydrogens (tertiary/aromatic N) is 2. The lowest BCUT2D eigenvalue weighted by molar-refractivity contribution is -0.384. The zero-order valence-corrected chi connectivity index (χ0v) is 12.4. The number of carboxylic acids is 1. The van der Waals surface area contributed by atoms with Crippen LogP contribution < -0.4 is 5.32 Å². The van der Waals surface area contributed by atoms with Gasteiger partial charge in [0.25, 0.3) is 11.6 Å². The van der Waals surface area contributed by atoms with Gasteiger partial charge in [-0.1, -0.05) is 0 Å². The maximum Gasteiger partial charge on any atom is 0.308 e. The number of rotatable bonds is 6. The fraction of sp³-hybridized carbons (Fsp3) is 0.538. The van der Waals surface area contributed by atoms with Crippen molar-refractivity contribution in [3.63, 3.8) is 0 Å². The molecule has 0 aliphatic carbocycles. The minimum atomic E-state index is -1.02. The standard InChI is InChI=1S/C13H19N3O5/c1-7(2)15-6-10(16(20)21)5-11(15)12(17)14-9(4)8(3)13(18)19/h5-9H,1-4H3,(H,14,17)(H,18,19). The summed E-state index contributed by atoms with van der Waals surface area (Å²) in [6.45, 7) is 6.65. The number of nitrogens with one attached hydrogen (secondary N) is 1. The molecule has 1 aromatic heterocycles. The van der Waals surface area contributed by atoms with Crippen molar-refractivity contribution in [2.75, 3.05) is 0 Å². The highest BCUT2D eigenvalue weighted by Gasteiger charge is 2.25. The van der Waals surface area contributed by atoms with Gasteiger partial charge in [0.15, 0.2) is 0 Å². The Morgan fingerprint density at radius 2 is 1.90 bits per heavy atom. The Bertz CT molecular complexity index is 564. The van der Waals surface area contributed by atoms with E-state index in [1.807, 2.05) is 0 Å². The molecule has 0 saturated heterocycles. The first-order chi connectivity index (χ1) is 9.65. The minimum Gasteiger partial charge on any atom is -0.481 e. The molecule has 2 unspecified atom stereocenters. The van der Waals surface area contributed by atoms with Crippen LogP contribution in [0.1, 0.15) is 44.2 Å². The van der Waals surface area contributed by atoms with E-state index in [1.54, 1.807) is 20.8 Å². The van der Waals surface area contributed by atoms with Crippen LogP contribution in [-0.2, 0) is 4.79 Å². The summed E-state index contributed by atoms with van der Waals surface area (Å²) in [5.41, 5.74) is -0.0334. The predicted octanol–water partition coefficient (Wildman–Crippen LogP) is 1.82. The van der Waals surface area contributed by atoms with Crippen molar-refractivity contribution in [1.82, 2.24) is 9.88 Å². The minimum absolute atomic E-state index is 0.133. The van der Waals surface area contributed by atoms with Gasteiger partial charge in [0, 0.05) is 18.2 Å². The van der Waals surface area contributed by atoms with Crippen molar-refractivity contribution in [2.24, 2.45) is 5.92 Å². The van der Waals surface area contributed by atoms with Crippen LogP contribution in [-0.4, -0.2) is 32.5 Å². The second-order valence-corrected chi connectivity index (χ2v) is 5.23. The van der Waals surface area contributed by atoms with E-state index in [2.05, 4.69) is 5.32 Å². The molecule has 0 aliphatic heterocycles. The normalized spacial score (nSPS) is 13.8. The number of carbonyl (C=O) groups excluding carboxylic acids is 1. The van der Waals surface area contributed by atoms with E-state index in [9.17, 15) is 19.7 Å². The van der Waals surface area contributed by atoms with Crippen LogP contribution in [0.5, 0.6) is 0 Å². The van der Waals surface area contributed by atoms with Crippen molar-refractivity contribution < 1.29 is 19.6 Å².